The maximum Gasteiger partial charge on any atom is 0.251 e. The first kappa shape index (κ1) is 12.5. The highest BCUT2D eigenvalue weighted by molar-refractivity contribution is 9.09. The van der Waals surface area contributed by atoms with Gasteiger partial charge in [0.25, 0.3) is 6.43 Å². The smallest absolute Gasteiger partial charge is 0.251 e. The SMILES string of the molecule is FC(F)CN(CCBr)Cc1ccccn1. The lowest BCUT2D eigenvalue weighted by molar-refractivity contribution is 0.0876. The molecule has 0 saturated heterocycles. The van der Waals surface area contributed by atoms with E-state index in [-0.39, 0.29) is 6.54 Å². The number of halogens is 3. The van der Waals surface area contributed by atoms with Crippen molar-refractivity contribution in [1.82, 2.24) is 9.88 Å². The lowest BCUT2D eigenvalue weighted by atomic mass is 10.3. The summed E-state index contributed by atoms with van der Waals surface area (Å²) in [6.45, 7) is 0.861. The zero-order valence-electron chi connectivity index (χ0n) is 8.24. The predicted octanol–water partition coefficient (Wildman–Crippen LogP) is 2.54. The van der Waals surface area contributed by atoms with Gasteiger partial charge in [-0.2, -0.15) is 0 Å². The van der Waals surface area contributed by atoms with Crippen LogP contribution in [0.5, 0.6) is 0 Å². The number of aromatic nitrogens is 1. The normalized spacial score (nSPS) is 11.3. The number of pyridine rings is 1. The molecule has 0 spiro atoms. The summed E-state index contributed by atoms with van der Waals surface area (Å²) in [6.07, 6.45) is -0.628. The van der Waals surface area contributed by atoms with Crippen molar-refractivity contribution >= 4 is 15.9 Å². The zero-order valence-corrected chi connectivity index (χ0v) is 9.83. The minimum atomic E-state index is -2.30. The fourth-order valence-corrected chi connectivity index (χ4v) is 1.77. The summed E-state index contributed by atoms with van der Waals surface area (Å²) in [6, 6.07) is 5.51. The molecular weight excluding hydrogens is 266 g/mol. The monoisotopic (exact) mass is 278 g/mol. The van der Waals surface area contributed by atoms with Gasteiger partial charge in [-0.3, -0.25) is 9.88 Å². The van der Waals surface area contributed by atoms with Crippen LogP contribution in [0.1, 0.15) is 5.69 Å². The van der Waals surface area contributed by atoms with Crippen LogP contribution in [0.25, 0.3) is 0 Å². The van der Waals surface area contributed by atoms with Crippen molar-refractivity contribution in [1.29, 1.82) is 0 Å². The van der Waals surface area contributed by atoms with Gasteiger partial charge < -0.3 is 0 Å². The third-order valence-electron chi connectivity index (χ3n) is 1.91. The van der Waals surface area contributed by atoms with Gasteiger partial charge in [0.15, 0.2) is 0 Å². The van der Waals surface area contributed by atoms with Gasteiger partial charge in [0.05, 0.1) is 12.2 Å². The Kier molecular flexibility index (Phi) is 5.71. The molecule has 0 radical (unpaired) electrons. The highest BCUT2D eigenvalue weighted by Gasteiger charge is 2.11. The maximum atomic E-state index is 12.2. The van der Waals surface area contributed by atoms with E-state index >= 15 is 0 Å². The first-order valence-electron chi connectivity index (χ1n) is 4.68. The Labute approximate surface area is 96.4 Å². The van der Waals surface area contributed by atoms with E-state index in [0.717, 1.165) is 5.69 Å². The summed E-state index contributed by atoms with van der Waals surface area (Å²) >= 11 is 3.25. The molecule has 5 heteroatoms. The minimum absolute atomic E-state index is 0.206. The molecule has 0 amide bonds. The third kappa shape index (κ3) is 5.18. The Bertz CT molecular complexity index is 269. The van der Waals surface area contributed by atoms with Gasteiger partial charge in [-0.1, -0.05) is 22.0 Å². The quantitative estimate of drug-likeness (QED) is 0.744. The maximum absolute atomic E-state index is 12.2. The number of hydrogen-bond acceptors (Lipinski definition) is 2. The van der Waals surface area contributed by atoms with E-state index in [1.165, 1.54) is 0 Å². The summed E-state index contributed by atoms with van der Waals surface area (Å²) < 4.78 is 24.5. The van der Waals surface area contributed by atoms with Crippen molar-refractivity contribution in [3.63, 3.8) is 0 Å². The average Bonchev–Trinajstić information content (AvgIpc) is 2.18. The number of rotatable bonds is 6. The van der Waals surface area contributed by atoms with Crippen molar-refractivity contribution in [2.45, 2.75) is 13.0 Å². The van der Waals surface area contributed by atoms with Gasteiger partial charge in [-0.25, -0.2) is 8.78 Å². The summed E-state index contributed by atoms with van der Waals surface area (Å²) in [5, 5.41) is 0.687. The van der Waals surface area contributed by atoms with E-state index in [1.807, 2.05) is 18.2 Å². The van der Waals surface area contributed by atoms with Crippen LogP contribution in [-0.2, 0) is 6.54 Å². The molecule has 15 heavy (non-hydrogen) atoms. The third-order valence-corrected chi connectivity index (χ3v) is 2.26. The number of hydrogen-bond donors (Lipinski definition) is 0. The minimum Gasteiger partial charge on any atom is -0.291 e. The molecule has 0 aromatic carbocycles. The first-order valence-corrected chi connectivity index (χ1v) is 5.81. The van der Waals surface area contributed by atoms with E-state index < -0.39 is 6.43 Å². The van der Waals surface area contributed by atoms with Crippen LogP contribution in [0.4, 0.5) is 8.78 Å². The molecule has 1 aromatic rings. The van der Waals surface area contributed by atoms with Crippen LogP contribution in [0.2, 0.25) is 0 Å². The van der Waals surface area contributed by atoms with Gasteiger partial charge >= 0.3 is 0 Å². The molecule has 0 bridgehead atoms. The van der Waals surface area contributed by atoms with Crippen molar-refractivity contribution in [3.05, 3.63) is 30.1 Å². The van der Waals surface area contributed by atoms with Crippen molar-refractivity contribution in [2.24, 2.45) is 0 Å². The summed E-state index contributed by atoms with van der Waals surface area (Å²) in [5.41, 5.74) is 0.819. The fraction of sp³-hybridized carbons (Fsp3) is 0.500. The molecule has 84 valence electrons. The molecule has 1 rings (SSSR count). The summed E-state index contributed by atoms with van der Waals surface area (Å²) in [7, 11) is 0. The van der Waals surface area contributed by atoms with Crippen LogP contribution < -0.4 is 0 Å². The molecule has 1 heterocycles. The Hall–Kier alpha value is -0.550. The fourth-order valence-electron chi connectivity index (χ4n) is 1.27. The standard InChI is InChI=1S/C10H13BrF2N2/c11-4-6-15(8-10(12)13)7-9-3-1-2-5-14-9/h1-3,5,10H,4,6-8H2. The van der Waals surface area contributed by atoms with Gasteiger partial charge in [0, 0.05) is 24.6 Å². The first-order chi connectivity index (χ1) is 7.22. The molecule has 2 nitrogen and oxygen atoms in total. The second-order valence-electron chi connectivity index (χ2n) is 3.14. The number of nitrogens with zero attached hydrogens (tertiary/aromatic N) is 2. The van der Waals surface area contributed by atoms with Crippen LogP contribution in [-0.4, -0.2) is 34.7 Å². The summed E-state index contributed by atoms with van der Waals surface area (Å²) in [5.74, 6) is 0. The predicted molar refractivity (Wildman–Crippen MR) is 59.3 cm³/mol. The molecule has 0 aliphatic rings. The lowest BCUT2D eigenvalue weighted by Gasteiger charge is -2.20. The van der Waals surface area contributed by atoms with Crippen LogP contribution >= 0.6 is 15.9 Å². The van der Waals surface area contributed by atoms with Crippen LogP contribution in [0.15, 0.2) is 24.4 Å². The van der Waals surface area contributed by atoms with Crippen molar-refractivity contribution < 1.29 is 8.78 Å². The molecule has 0 atom stereocenters. The molecule has 0 saturated carbocycles. The van der Waals surface area contributed by atoms with Gasteiger partial charge in [-0.15, -0.1) is 0 Å². The Balaban J connectivity index is 2.50. The van der Waals surface area contributed by atoms with Crippen molar-refractivity contribution in [3.8, 4) is 0 Å². The molecular formula is C10H13BrF2N2. The second-order valence-corrected chi connectivity index (χ2v) is 3.93. The van der Waals surface area contributed by atoms with Crippen molar-refractivity contribution in [2.75, 3.05) is 18.4 Å². The lowest BCUT2D eigenvalue weighted by Crippen LogP contribution is -2.30. The van der Waals surface area contributed by atoms with E-state index in [2.05, 4.69) is 20.9 Å². The molecule has 0 fully saturated rings. The van der Waals surface area contributed by atoms with Crippen LogP contribution in [0.3, 0.4) is 0 Å². The molecule has 0 unspecified atom stereocenters. The highest BCUT2D eigenvalue weighted by Crippen LogP contribution is 2.05. The van der Waals surface area contributed by atoms with E-state index in [1.54, 1.807) is 11.1 Å². The Morgan fingerprint density at radius 1 is 1.40 bits per heavy atom. The van der Waals surface area contributed by atoms with E-state index in [9.17, 15) is 8.78 Å². The van der Waals surface area contributed by atoms with Gasteiger partial charge in [0.2, 0.25) is 0 Å². The Morgan fingerprint density at radius 2 is 2.20 bits per heavy atom. The van der Waals surface area contributed by atoms with Crippen LogP contribution in [0, 0.1) is 0 Å². The van der Waals surface area contributed by atoms with Gasteiger partial charge in [0.1, 0.15) is 0 Å². The summed E-state index contributed by atoms with van der Waals surface area (Å²) in [4.78, 5) is 5.79. The van der Waals surface area contributed by atoms with E-state index in [4.69, 9.17) is 0 Å². The zero-order chi connectivity index (χ0) is 11.1. The molecule has 0 N–H and O–H groups in total. The Morgan fingerprint density at radius 3 is 2.73 bits per heavy atom. The van der Waals surface area contributed by atoms with E-state index in [0.29, 0.717) is 18.4 Å². The molecule has 0 aliphatic carbocycles. The molecule has 0 aliphatic heterocycles. The highest BCUT2D eigenvalue weighted by atomic mass is 79.9. The number of alkyl halides is 3. The molecule has 1 aromatic heterocycles. The largest absolute Gasteiger partial charge is 0.291 e. The van der Waals surface area contributed by atoms with Gasteiger partial charge in [-0.05, 0) is 12.1 Å². The topological polar surface area (TPSA) is 16.1 Å². The average molecular weight is 279 g/mol. The second kappa shape index (κ2) is 6.85.